The van der Waals surface area contributed by atoms with Crippen molar-refractivity contribution in [1.29, 1.82) is 0 Å². The molecule has 0 radical (unpaired) electrons. The van der Waals surface area contributed by atoms with Gasteiger partial charge in [-0.15, -0.1) is 0 Å². The van der Waals surface area contributed by atoms with Gasteiger partial charge in [-0.25, -0.2) is 4.79 Å². The molecule has 0 aliphatic heterocycles. The highest BCUT2D eigenvalue weighted by molar-refractivity contribution is 5.93. The van der Waals surface area contributed by atoms with Crippen molar-refractivity contribution in [1.82, 2.24) is 0 Å². The van der Waals surface area contributed by atoms with Gasteiger partial charge in [0, 0.05) is 11.6 Å². The summed E-state index contributed by atoms with van der Waals surface area (Å²) >= 11 is 0. The summed E-state index contributed by atoms with van der Waals surface area (Å²) in [5.41, 5.74) is 0.884. The first-order valence-electron chi connectivity index (χ1n) is 6.23. The smallest absolute Gasteiger partial charge is 0.333 e. The van der Waals surface area contributed by atoms with E-state index in [0.717, 1.165) is 0 Å². The van der Waals surface area contributed by atoms with E-state index in [1.165, 1.54) is 19.2 Å². The standard InChI is InChI=1S/C14H17NO5/c1-4-11(14(16)20-5-2)8-10-6-7-13(19-3)12(9-10)15(17)18/h6-9H,4-5H2,1-3H3/b11-8-. The Kier molecular flexibility index (Phi) is 5.71. The molecule has 20 heavy (non-hydrogen) atoms. The van der Waals surface area contributed by atoms with Gasteiger partial charge >= 0.3 is 11.7 Å². The number of carbonyl (C=O) groups excluding carboxylic acids is 1. The Morgan fingerprint density at radius 2 is 2.10 bits per heavy atom. The molecule has 0 N–H and O–H groups in total. The number of ether oxygens (including phenoxy) is 2. The molecule has 1 rings (SSSR count). The van der Waals surface area contributed by atoms with E-state index >= 15 is 0 Å². The fourth-order valence-electron chi connectivity index (χ4n) is 1.67. The van der Waals surface area contributed by atoms with Crippen LogP contribution in [0.5, 0.6) is 5.75 Å². The Morgan fingerprint density at radius 1 is 1.40 bits per heavy atom. The Hall–Kier alpha value is -2.37. The van der Waals surface area contributed by atoms with Crippen LogP contribution in [0.25, 0.3) is 6.08 Å². The summed E-state index contributed by atoms with van der Waals surface area (Å²) in [6.45, 7) is 3.84. The van der Waals surface area contributed by atoms with Gasteiger partial charge in [-0.1, -0.05) is 13.0 Å². The maximum atomic E-state index is 11.7. The molecular weight excluding hydrogens is 262 g/mol. The van der Waals surface area contributed by atoms with E-state index in [9.17, 15) is 14.9 Å². The van der Waals surface area contributed by atoms with Crippen molar-refractivity contribution in [2.24, 2.45) is 0 Å². The molecular formula is C14H17NO5. The summed E-state index contributed by atoms with van der Waals surface area (Å²) in [5.74, 6) is -0.227. The van der Waals surface area contributed by atoms with Crippen LogP contribution < -0.4 is 4.74 Å². The van der Waals surface area contributed by atoms with Crippen LogP contribution in [0, 0.1) is 10.1 Å². The average molecular weight is 279 g/mol. The Labute approximate surface area is 117 Å². The number of nitro groups is 1. The second kappa shape index (κ2) is 7.28. The van der Waals surface area contributed by atoms with E-state index in [1.54, 1.807) is 19.1 Å². The number of benzene rings is 1. The monoisotopic (exact) mass is 279 g/mol. The third kappa shape index (κ3) is 3.81. The Balaban J connectivity index is 3.16. The minimum Gasteiger partial charge on any atom is -0.490 e. The second-order valence-electron chi connectivity index (χ2n) is 3.93. The molecule has 1 aromatic rings. The maximum Gasteiger partial charge on any atom is 0.333 e. The first kappa shape index (κ1) is 15.7. The number of rotatable bonds is 6. The zero-order valence-electron chi connectivity index (χ0n) is 11.7. The maximum absolute atomic E-state index is 11.7. The summed E-state index contributed by atoms with van der Waals surface area (Å²) in [5, 5.41) is 10.9. The topological polar surface area (TPSA) is 78.7 Å². The van der Waals surface area contributed by atoms with Crippen LogP contribution >= 0.6 is 0 Å². The lowest BCUT2D eigenvalue weighted by atomic mass is 10.1. The van der Waals surface area contributed by atoms with Crippen molar-refractivity contribution in [3.05, 3.63) is 39.4 Å². The minimum absolute atomic E-state index is 0.138. The lowest BCUT2D eigenvalue weighted by molar-refractivity contribution is -0.385. The van der Waals surface area contributed by atoms with Crippen LogP contribution in [-0.4, -0.2) is 24.6 Å². The molecule has 0 saturated carbocycles. The van der Waals surface area contributed by atoms with Crippen LogP contribution in [-0.2, 0) is 9.53 Å². The number of carbonyl (C=O) groups is 1. The predicted molar refractivity (Wildman–Crippen MR) is 74.5 cm³/mol. The van der Waals surface area contributed by atoms with Gasteiger partial charge in [-0.05, 0) is 31.1 Å². The lowest BCUT2D eigenvalue weighted by Gasteiger charge is -2.06. The number of nitro benzene ring substituents is 1. The van der Waals surface area contributed by atoms with Gasteiger partial charge in [0.2, 0.25) is 0 Å². The van der Waals surface area contributed by atoms with Crippen molar-refractivity contribution in [2.45, 2.75) is 20.3 Å². The fraction of sp³-hybridized carbons (Fsp3) is 0.357. The zero-order chi connectivity index (χ0) is 15.1. The molecule has 0 saturated heterocycles. The SMILES string of the molecule is CCOC(=O)/C(=C\c1ccc(OC)c([N+](=O)[O-])c1)CC. The summed E-state index contributed by atoms with van der Waals surface area (Å²) in [6, 6.07) is 4.52. The average Bonchev–Trinajstić information content (AvgIpc) is 2.44. The van der Waals surface area contributed by atoms with E-state index in [-0.39, 0.29) is 11.4 Å². The van der Waals surface area contributed by atoms with Crippen LogP contribution in [0.15, 0.2) is 23.8 Å². The van der Waals surface area contributed by atoms with Crippen molar-refractivity contribution < 1.29 is 19.2 Å². The number of nitrogens with zero attached hydrogens (tertiary/aromatic N) is 1. The Bertz CT molecular complexity index is 536. The minimum atomic E-state index is -0.522. The van der Waals surface area contributed by atoms with Crippen LogP contribution in [0.3, 0.4) is 0 Å². The molecule has 1 aromatic carbocycles. The molecule has 0 atom stereocenters. The summed E-state index contributed by atoms with van der Waals surface area (Å²) in [4.78, 5) is 22.1. The molecule has 0 aliphatic rings. The highest BCUT2D eigenvalue weighted by Gasteiger charge is 2.15. The lowest BCUT2D eigenvalue weighted by Crippen LogP contribution is -2.06. The van der Waals surface area contributed by atoms with Gasteiger partial charge in [-0.2, -0.15) is 0 Å². The van der Waals surface area contributed by atoms with Gasteiger partial charge < -0.3 is 9.47 Å². The number of methoxy groups -OCH3 is 1. The molecule has 0 spiro atoms. The van der Waals surface area contributed by atoms with Crippen LogP contribution in [0.4, 0.5) is 5.69 Å². The van der Waals surface area contributed by atoms with Crippen LogP contribution in [0.2, 0.25) is 0 Å². The van der Waals surface area contributed by atoms with Gasteiger partial charge in [-0.3, -0.25) is 10.1 Å². The summed E-state index contributed by atoms with van der Waals surface area (Å²) in [7, 11) is 1.37. The highest BCUT2D eigenvalue weighted by Crippen LogP contribution is 2.28. The van der Waals surface area contributed by atoms with Crippen molar-refractivity contribution >= 4 is 17.7 Å². The number of esters is 1. The molecule has 0 amide bonds. The van der Waals surface area contributed by atoms with Gasteiger partial charge in [0.25, 0.3) is 0 Å². The van der Waals surface area contributed by atoms with E-state index in [4.69, 9.17) is 9.47 Å². The van der Waals surface area contributed by atoms with Gasteiger partial charge in [0.05, 0.1) is 18.6 Å². The zero-order valence-corrected chi connectivity index (χ0v) is 11.7. The second-order valence-corrected chi connectivity index (χ2v) is 3.93. The molecule has 6 heteroatoms. The fourth-order valence-corrected chi connectivity index (χ4v) is 1.67. The highest BCUT2D eigenvalue weighted by atomic mass is 16.6. The normalized spacial score (nSPS) is 11.1. The number of hydrogen-bond acceptors (Lipinski definition) is 5. The molecule has 0 heterocycles. The molecule has 0 bridgehead atoms. The molecule has 0 aliphatic carbocycles. The summed E-state index contributed by atoms with van der Waals surface area (Å²) < 4.78 is 9.85. The van der Waals surface area contributed by atoms with E-state index in [0.29, 0.717) is 24.2 Å². The number of hydrogen-bond donors (Lipinski definition) is 0. The van der Waals surface area contributed by atoms with Gasteiger partial charge in [0.1, 0.15) is 0 Å². The predicted octanol–water partition coefficient (Wildman–Crippen LogP) is 2.96. The Morgan fingerprint density at radius 3 is 2.60 bits per heavy atom. The van der Waals surface area contributed by atoms with E-state index in [1.807, 2.05) is 6.92 Å². The summed E-state index contributed by atoms with van der Waals surface area (Å²) in [6.07, 6.45) is 2.07. The molecule has 0 aromatic heterocycles. The van der Waals surface area contributed by atoms with Crippen molar-refractivity contribution in [2.75, 3.05) is 13.7 Å². The van der Waals surface area contributed by atoms with Crippen molar-refractivity contribution in [3.8, 4) is 5.75 Å². The third-order valence-electron chi connectivity index (χ3n) is 2.66. The largest absolute Gasteiger partial charge is 0.490 e. The van der Waals surface area contributed by atoms with Gasteiger partial charge in [0.15, 0.2) is 5.75 Å². The third-order valence-corrected chi connectivity index (χ3v) is 2.66. The first-order valence-corrected chi connectivity index (χ1v) is 6.23. The van der Waals surface area contributed by atoms with E-state index in [2.05, 4.69) is 0 Å². The molecule has 6 nitrogen and oxygen atoms in total. The molecule has 108 valence electrons. The van der Waals surface area contributed by atoms with E-state index < -0.39 is 10.9 Å². The van der Waals surface area contributed by atoms with Crippen LogP contribution in [0.1, 0.15) is 25.8 Å². The molecule has 0 unspecified atom stereocenters. The molecule has 0 fully saturated rings. The van der Waals surface area contributed by atoms with Crippen molar-refractivity contribution in [3.63, 3.8) is 0 Å². The first-order chi connectivity index (χ1) is 9.53. The quantitative estimate of drug-likeness (QED) is 0.346.